The topological polar surface area (TPSA) is 49.4 Å². The maximum Gasteiger partial charge on any atom is 0.148 e. The van der Waals surface area contributed by atoms with E-state index in [2.05, 4.69) is 49.2 Å². The van der Waals surface area contributed by atoms with E-state index in [1.807, 2.05) is 7.05 Å². The normalized spacial score (nSPS) is 13.6. The minimum Gasteiger partial charge on any atom is -0.309 e. The Hall–Kier alpha value is -0.910. The van der Waals surface area contributed by atoms with Crippen molar-refractivity contribution in [2.45, 2.75) is 26.8 Å². The second-order valence-corrected chi connectivity index (χ2v) is 8.18. The van der Waals surface area contributed by atoms with Crippen LogP contribution in [0.15, 0.2) is 18.2 Å². The van der Waals surface area contributed by atoms with Crippen molar-refractivity contribution in [2.24, 2.45) is 0 Å². The number of hydrogen-bond acceptors (Lipinski definition) is 4. The van der Waals surface area contributed by atoms with E-state index < -0.39 is 9.84 Å². The summed E-state index contributed by atoms with van der Waals surface area (Å²) < 4.78 is 22.5. The number of sulfone groups is 1. The molecule has 0 fully saturated rings. The number of nitrogens with one attached hydrogen (secondary N) is 1. The van der Waals surface area contributed by atoms with Gasteiger partial charge in [0.1, 0.15) is 9.84 Å². The fourth-order valence-electron chi connectivity index (χ4n) is 2.47. The van der Waals surface area contributed by atoms with Gasteiger partial charge in [0.15, 0.2) is 0 Å². The minimum atomic E-state index is -2.91. The molecule has 0 radical (unpaired) electrons. The fraction of sp³-hybridized carbons (Fsp3) is 0.625. The molecule has 0 saturated heterocycles. The highest BCUT2D eigenvalue weighted by atomic mass is 32.2. The summed E-state index contributed by atoms with van der Waals surface area (Å²) in [7, 11) is -0.937. The lowest BCUT2D eigenvalue weighted by molar-refractivity contribution is 0.306. The van der Waals surface area contributed by atoms with E-state index in [-0.39, 0.29) is 11.8 Å². The van der Waals surface area contributed by atoms with Gasteiger partial charge in [-0.25, -0.2) is 8.42 Å². The quantitative estimate of drug-likeness (QED) is 0.797. The molecule has 5 heteroatoms. The number of aryl methyl sites for hydroxylation is 2. The van der Waals surface area contributed by atoms with Gasteiger partial charge >= 0.3 is 0 Å². The Morgan fingerprint density at radius 2 is 1.76 bits per heavy atom. The zero-order chi connectivity index (χ0) is 16.0. The Bertz CT molecular complexity index is 535. The maximum atomic E-state index is 11.3. The summed E-state index contributed by atoms with van der Waals surface area (Å²) in [5.74, 6) is 0.204. The van der Waals surface area contributed by atoms with E-state index >= 15 is 0 Å². The van der Waals surface area contributed by atoms with Crippen molar-refractivity contribution in [3.8, 4) is 0 Å². The maximum absolute atomic E-state index is 11.3. The molecular formula is C16H28N2O2S. The zero-order valence-electron chi connectivity index (χ0n) is 13.8. The van der Waals surface area contributed by atoms with Gasteiger partial charge in [0, 0.05) is 25.4 Å². The first-order valence-electron chi connectivity index (χ1n) is 7.39. The number of rotatable bonds is 8. The predicted octanol–water partition coefficient (Wildman–Crippen LogP) is 1.93. The molecule has 0 aliphatic heterocycles. The highest BCUT2D eigenvalue weighted by Gasteiger charge is 2.15. The molecule has 1 aromatic rings. The van der Waals surface area contributed by atoms with Crippen LogP contribution in [0.5, 0.6) is 0 Å². The Balaban J connectivity index is 2.77. The summed E-state index contributed by atoms with van der Waals surface area (Å²) >= 11 is 0. The second kappa shape index (κ2) is 7.92. The van der Waals surface area contributed by atoms with Crippen LogP contribution in [0.4, 0.5) is 0 Å². The van der Waals surface area contributed by atoms with Crippen molar-refractivity contribution < 1.29 is 8.42 Å². The van der Waals surface area contributed by atoms with Gasteiger partial charge in [0.2, 0.25) is 0 Å². The molecule has 1 unspecified atom stereocenters. The van der Waals surface area contributed by atoms with Crippen LogP contribution in [0.1, 0.15) is 29.7 Å². The van der Waals surface area contributed by atoms with E-state index in [0.717, 1.165) is 13.1 Å². The molecule has 0 heterocycles. The van der Waals surface area contributed by atoms with Crippen molar-refractivity contribution in [1.29, 1.82) is 0 Å². The average molecular weight is 312 g/mol. The monoisotopic (exact) mass is 312 g/mol. The van der Waals surface area contributed by atoms with Gasteiger partial charge in [-0.1, -0.05) is 36.2 Å². The van der Waals surface area contributed by atoms with Gasteiger partial charge in [-0.05, 0) is 33.0 Å². The predicted molar refractivity (Wildman–Crippen MR) is 89.5 cm³/mol. The van der Waals surface area contributed by atoms with Gasteiger partial charge in [0.25, 0.3) is 0 Å². The second-order valence-electron chi connectivity index (χ2n) is 5.92. The van der Waals surface area contributed by atoms with Gasteiger partial charge in [-0.15, -0.1) is 0 Å². The van der Waals surface area contributed by atoms with E-state index in [9.17, 15) is 8.42 Å². The average Bonchev–Trinajstić information content (AvgIpc) is 2.34. The third-order valence-corrected chi connectivity index (χ3v) is 4.36. The van der Waals surface area contributed by atoms with Gasteiger partial charge < -0.3 is 10.2 Å². The van der Waals surface area contributed by atoms with Crippen LogP contribution in [-0.4, -0.2) is 52.0 Å². The Labute approximate surface area is 129 Å². The summed E-state index contributed by atoms with van der Waals surface area (Å²) in [5, 5.41) is 3.49. The third-order valence-electron chi connectivity index (χ3n) is 3.43. The van der Waals surface area contributed by atoms with Crippen molar-refractivity contribution in [3.63, 3.8) is 0 Å². The SMILES string of the molecule is CCNC(CN(C)CCS(C)(=O)=O)c1cc(C)cc(C)c1. The molecule has 0 aliphatic rings. The number of benzene rings is 1. The van der Waals surface area contributed by atoms with Crippen molar-refractivity contribution in [1.82, 2.24) is 10.2 Å². The van der Waals surface area contributed by atoms with Crippen molar-refractivity contribution in [2.75, 3.05) is 38.7 Å². The molecule has 1 N–H and O–H groups in total. The summed E-state index contributed by atoms with van der Waals surface area (Å²) in [5.41, 5.74) is 3.78. The molecule has 21 heavy (non-hydrogen) atoms. The van der Waals surface area contributed by atoms with Crippen LogP contribution >= 0.6 is 0 Å². The molecule has 0 bridgehead atoms. The van der Waals surface area contributed by atoms with Gasteiger partial charge in [-0.2, -0.15) is 0 Å². The first kappa shape index (κ1) is 18.1. The lowest BCUT2D eigenvalue weighted by Gasteiger charge is -2.25. The first-order valence-corrected chi connectivity index (χ1v) is 9.45. The molecular weight excluding hydrogens is 284 g/mol. The molecule has 1 rings (SSSR count). The molecule has 1 aromatic carbocycles. The number of hydrogen-bond donors (Lipinski definition) is 1. The van der Waals surface area contributed by atoms with Gasteiger partial charge in [0.05, 0.1) is 5.75 Å². The summed E-state index contributed by atoms with van der Waals surface area (Å²) in [4.78, 5) is 2.08. The summed E-state index contributed by atoms with van der Waals surface area (Å²) in [6.45, 7) is 8.54. The van der Waals surface area contributed by atoms with Crippen molar-refractivity contribution in [3.05, 3.63) is 34.9 Å². The van der Waals surface area contributed by atoms with Crippen LogP contribution < -0.4 is 5.32 Å². The molecule has 0 amide bonds. The van der Waals surface area contributed by atoms with Crippen LogP contribution in [0.3, 0.4) is 0 Å². The molecule has 120 valence electrons. The van der Waals surface area contributed by atoms with E-state index in [1.165, 1.54) is 22.9 Å². The largest absolute Gasteiger partial charge is 0.309 e. The Morgan fingerprint density at radius 3 is 2.24 bits per heavy atom. The standard InChI is InChI=1S/C16H28N2O2S/c1-6-17-16(12-18(4)7-8-21(5,19)20)15-10-13(2)9-14(3)11-15/h9-11,16-17H,6-8,12H2,1-5H3. The number of likely N-dealkylation sites (N-methyl/N-ethyl adjacent to an activating group) is 2. The molecule has 1 atom stereocenters. The number of nitrogens with zero attached hydrogens (tertiary/aromatic N) is 1. The fourth-order valence-corrected chi connectivity index (χ4v) is 3.11. The van der Waals surface area contributed by atoms with E-state index in [0.29, 0.717) is 6.54 Å². The van der Waals surface area contributed by atoms with Crippen LogP contribution in [-0.2, 0) is 9.84 Å². The van der Waals surface area contributed by atoms with Crippen LogP contribution in [0.2, 0.25) is 0 Å². The molecule has 0 aromatic heterocycles. The first-order chi connectivity index (χ1) is 9.71. The lowest BCUT2D eigenvalue weighted by Crippen LogP contribution is -2.35. The summed E-state index contributed by atoms with van der Waals surface area (Å²) in [6, 6.07) is 6.79. The summed E-state index contributed by atoms with van der Waals surface area (Å²) in [6.07, 6.45) is 1.28. The molecule has 4 nitrogen and oxygen atoms in total. The van der Waals surface area contributed by atoms with Crippen molar-refractivity contribution >= 4 is 9.84 Å². The minimum absolute atomic E-state index is 0.204. The van der Waals surface area contributed by atoms with Crippen LogP contribution in [0.25, 0.3) is 0 Å². The third kappa shape index (κ3) is 7.07. The van der Waals surface area contributed by atoms with Crippen LogP contribution in [0, 0.1) is 13.8 Å². The highest BCUT2D eigenvalue weighted by Crippen LogP contribution is 2.18. The van der Waals surface area contributed by atoms with E-state index in [1.54, 1.807) is 0 Å². The van der Waals surface area contributed by atoms with Gasteiger partial charge in [-0.3, -0.25) is 0 Å². The highest BCUT2D eigenvalue weighted by molar-refractivity contribution is 7.90. The molecule has 0 spiro atoms. The molecule has 0 aliphatic carbocycles. The Morgan fingerprint density at radius 1 is 1.19 bits per heavy atom. The molecule has 0 saturated carbocycles. The lowest BCUT2D eigenvalue weighted by atomic mass is 10.0. The Kier molecular flexibility index (Phi) is 6.84. The smallest absolute Gasteiger partial charge is 0.148 e. The van der Waals surface area contributed by atoms with E-state index in [4.69, 9.17) is 0 Å². The zero-order valence-corrected chi connectivity index (χ0v) is 14.6.